The van der Waals surface area contributed by atoms with Crippen LogP contribution in [0, 0.1) is 11.8 Å². The van der Waals surface area contributed by atoms with Crippen LogP contribution in [-0.2, 0) is 65.4 Å². The quantitative estimate of drug-likeness (QED) is 0.0222. The predicted octanol–water partition coefficient (Wildman–Crippen LogP) is 21.2. The van der Waals surface area contributed by atoms with E-state index in [4.69, 9.17) is 37.0 Å². The molecule has 0 fully saturated rings. The summed E-state index contributed by atoms with van der Waals surface area (Å²) in [5.74, 6) is -0.650. The van der Waals surface area contributed by atoms with Crippen LogP contribution in [0.2, 0.25) is 0 Å². The molecule has 19 heteroatoms. The zero-order valence-electron chi connectivity index (χ0n) is 59.9. The number of esters is 4. The van der Waals surface area contributed by atoms with Gasteiger partial charge in [0.1, 0.15) is 19.3 Å². The second-order valence-corrected chi connectivity index (χ2v) is 30.2. The maximum absolute atomic E-state index is 13.1. The van der Waals surface area contributed by atoms with Gasteiger partial charge in [-0.1, -0.05) is 324 Å². The van der Waals surface area contributed by atoms with Crippen LogP contribution in [0.15, 0.2) is 0 Å². The third kappa shape index (κ3) is 66.7. The molecule has 0 spiro atoms. The molecule has 0 rings (SSSR count). The summed E-state index contributed by atoms with van der Waals surface area (Å²) in [6, 6.07) is 0. The van der Waals surface area contributed by atoms with E-state index in [9.17, 15) is 43.2 Å². The van der Waals surface area contributed by atoms with Gasteiger partial charge < -0.3 is 33.8 Å². The molecule has 92 heavy (non-hydrogen) atoms. The fourth-order valence-electron chi connectivity index (χ4n) is 11.1. The highest BCUT2D eigenvalue weighted by molar-refractivity contribution is 7.47. The lowest BCUT2D eigenvalue weighted by molar-refractivity contribution is -0.161. The Labute approximate surface area is 562 Å². The van der Waals surface area contributed by atoms with Gasteiger partial charge >= 0.3 is 39.5 Å². The van der Waals surface area contributed by atoms with E-state index in [1.165, 1.54) is 186 Å². The van der Waals surface area contributed by atoms with E-state index in [0.717, 1.165) is 102 Å². The second-order valence-electron chi connectivity index (χ2n) is 27.3. The fourth-order valence-corrected chi connectivity index (χ4v) is 12.7. The van der Waals surface area contributed by atoms with Crippen LogP contribution in [0.5, 0.6) is 0 Å². The first-order chi connectivity index (χ1) is 44.4. The molecule has 5 atom stereocenters. The van der Waals surface area contributed by atoms with E-state index in [-0.39, 0.29) is 25.7 Å². The van der Waals surface area contributed by atoms with Gasteiger partial charge in [0.2, 0.25) is 0 Å². The van der Waals surface area contributed by atoms with Crippen LogP contribution < -0.4 is 0 Å². The molecule has 0 aromatic rings. The first-order valence-corrected chi connectivity index (χ1v) is 41.0. The minimum Gasteiger partial charge on any atom is -0.462 e. The Morgan fingerprint density at radius 2 is 0.500 bits per heavy atom. The Kier molecular flexibility index (Phi) is 63.7. The van der Waals surface area contributed by atoms with Crippen molar-refractivity contribution in [2.75, 3.05) is 39.6 Å². The van der Waals surface area contributed by atoms with Gasteiger partial charge in [0.25, 0.3) is 0 Å². The van der Waals surface area contributed by atoms with Gasteiger partial charge in [-0.3, -0.25) is 37.3 Å². The summed E-state index contributed by atoms with van der Waals surface area (Å²) in [4.78, 5) is 72.6. The van der Waals surface area contributed by atoms with Crippen molar-refractivity contribution in [3.05, 3.63) is 0 Å². The van der Waals surface area contributed by atoms with Crippen molar-refractivity contribution in [1.82, 2.24) is 0 Å². The van der Waals surface area contributed by atoms with Crippen molar-refractivity contribution in [1.29, 1.82) is 0 Å². The molecule has 0 heterocycles. The highest BCUT2D eigenvalue weighted by Crippen LogP contribution is 2.45. The molecule has 0 aliphatic carbocycles. The van der Waals surface area contributed by atoms with E-state index in [2.05, 4.69) is 41.5 Å². The summed E-state index contributed by atoms with van der Waals surface area (Å²) >= 11 is 0. The molecule has 546 valence electrons. The number of phosphoric acid groups is 2. The van der Waals surface area contributed by atoms with E-state index >= 15 is 0 Å². The third-order valence-electron chi connectivity index (χ3n) is 17.0. The molecule has 0 aromatic heterocycles. The van der Waals surface area contributed by atoms with Crippen LogP contribution >= 0.6 is 15.6 Å². The first kappa shape index (κ1) is 90.1. The molecular formula is C73H142O17P2. The van der Waals surface area contributed by atoms with Gasteiger partial charge in [-0.05, 0) is 37.5 Å². The molecule has 2 unspecified atom stereocenters. The Hall–Kier alpha value is -1.94. The van der Waals surface area contributed by atoms with Crippen LogP contribution in [0.25, 0.3) is 0 Å². The number of ether oxygens (including phenoxy) is 4. The van der Waals surface area contributed by atoms with Crippen LogP contribution in [-0.4, -0.2) is 96.7 Å². The predicted molar refractivity (Wildman–Crippen MR) is 372 cm³/mol. The van der Waals surface area contributed by atoms with E-state index in [0.29, 0.717) is 31.6 Å². The van der Waals surface area contributed by atoms with Gasteiger partial charge in [-0.2, -0.15) is 0 Å². The number of rotatable bonds is 72. The summed E-state index contributed by atoms with van der Waals surface area (Å²) in [7, 11) is -9.90. The summed E-state index contributed by atoms with van der Waals surface area (Å²) in [5, 5.41) is 10.6. The molecule has 0 amide bonds. The van der Waals surface area contributed by atoms with E-state index in [1.54, 1.807) is 0 Å². The summed E-state index contributed by atoms with van der Waals surface area (Å²) in [6.45, 7) is 9.50. The number of aliphatic hydroxyl groups is 1. The molecule has 17 nitrogen and oxygen atoms in total. The van der Waals surface area contributed by atoms with Crippen molar-refractivity contribution in [3.8, 4) is 0 Å². The topological polar surface area (TPSA) is 237 Å². The normalized spacial score (nSPS) is 14.1. The zero-order valence-corrected chi connectivity index (χ0v) is 61.6. The van der Waals surface area contributed by atoms with Gasteiger partial charge in [0.05, 0.1) is 26.4 Å². The number of aliphatic hydroxyl groups excluding tert-OH is 1. The lowest BCUT2D eigenvalue weighted by atomic mass is 10.0. The number of hydrogen-bond acceptors (Lipinski definition) is 15. The van der Waals surface area contributed by atoms with Crippen LogP contribution in [0.1, 0.15) is 375 Å². The number of unbranched alkanes of at least 4 members (excludes halogenated alkanes) is 42. The number of hydrogen-bond donors (Lipinski definition) is 3. The third-order valence-corrected chi connectivity index (χ3v) is 18.9. The zero-order chi connectivity index (χ0) is 67.9. The summed E-state index contributed by atoms with van der Waals surface area (Å²) < 4.78 is 68.3. The largest absolute Gasteiger partial charge is 0.472 e. The second kappa shape index (κ2) is 65.0. The minimum absolute atomic E-state index is 0.105. The van der Waals surface area contributed by atoms with Crippen LogP contribution in [0.3, 0.4) is 0 Å². The summed E-state index contributed by atoms with van der Waals surface area (Å²) in [5.41, 5.74) is 0. The number of phosphoric ester groups is 2. The van der Waals surface area contributed by atoms with Gasteiger partial charge in [0.15, 0.2) is 12.2 Å². The minimum atomic E-state index is -4.95. The molecule has 0 aliphatic rings. The molecule has 0 saturated carbocycles. The fraction of sp³-hybridized carbons (Fsp3) is 0.945. The molecule has 0 aliphatic heterocycles. The van der Waals surface area contributed by atoms with Crippen molar-refractivity contribution < 1.29 is 80.2 Å². The first-order valence-electron chi connectivity index (χ1n) is 38.0. The number of carbonyl (C=O) groups excluding carboxylic acids is 4. The smallest absolute Gasteiger partial charge is 0.462 e. The van der Waals surface area contributed by atoms with Gasteiger partial charge in [0, 0.05) is 25.7 Å². The maximum Gasteiger partial charge on any atom is 0.472 e. The Morgan fingerprint density at radius 3 is 0.739 bits per heavy atom. The number of carbonyl (C=O) groups is 4. The van der Waals surface area contributed by atoms with E-state index < -0.39 is 97.5 Å². The van der Waals surface area contributed by atoms with Crippen molar-refractivity contribution in [3.63, 3.8) is 0 Å². The Bertz CT molecular complexity index is 1790. The lowest BCUT2D eigenvalue weighted by Gasteiger charge is -2.21. The molecule has 3 N–H and O–H groups in total. The van der Waals surface area contributed by atoms with Crippen molar-refractivity contribution in [2.24, 2.45) is 11.8 Å². The highest BCUT2D eigenvalue weighted by atomic mass is 31.2. The molecular weight excluding hydrogens is 1210 g/mol. The standard InChI is InChI=1S/C73H142O17P2/c1-7-9-11-13-15-17-19-20-21-22-23-26-30-34-38-46-52-58-73(78)89-68(61-83-70(75)55-49-43-36-33-29-27-24-25-28-31-35-41-47-53-65(3)4)63-87-91(79,80)85-59-67(74)60-86-92(81,82)88-64-69(62-84-71(76)56-50-44-40-39-42-48-54-66(5)6)90-72(77)57-51-45-37-32-18-16-14-12-10-8-2/h65-69,74H,7-64H2,1-6H3,(H,79,80)(H,81,82)/t67-,68-,69-/m1/s1. The average Bonchev–Trinajstić information content (AvgIpc) is 1.80. The van der Waals surface area contributed by atoms with Gasteiger partial charge in [-0.25, -0.2) is 9.13 Å². The van der Waals surface area contributed by atoms with Crippen LogP contribution in [0.4, 0.5) is 0 Å². The van der Waals surface area contributed by atoms with Crippen molar-refractivity contribution in [2.45, 2.75) is 394 Å². The Balaban J connectivity index is 5.22. The maximum atomic E-state index is 13.1. The molecule has 0 saturated heterocycles. The SMILES string of the molecule is CCCCCCCCCCCCCCCCCCCC(=O)O[C@H](COC(=O)CCCCCCCCCCCCCCCC(C)C)COP(=O)(O)OC[C@@H](O)COP(=O)(O)OC[C@@H](COC(=O)CCCCCCCCC(C)C)OC(=O)CCCCCCCCCCCC. The van der Waals surface area contributed by atoms with Gasteiger partial charge in [-0.15, -0.1) is 0 Å². The lowest BCUT2D eigenvalue weighted by Crippen LogP contribution is -2.30. The van der Waals surface area contributed by atoms with E-state index in [1.807, 2.05) is 0 Å². The average molecular weight is 1350 g/mol. The summed E-state index contributed by atoms with van der Waals surface area (Å²) in [6.07, 6.45) is 51.5. The molecule has 0 radical (unpaired) electrons. The molecule has 0 bridgehead atoms. The highest BCUT2D eigenvalue weighted by Gasteiger charge is 2.30. The molecule has 0 aromatic carbocycles. The monoisotopic (exact) mass is 1350 g/mol. The Morgan fingerprint density at radius 1 is 0.293 bits per heavy atom. The van der Waals surface area contributed by atoms with Crippen molar-refractivity contribution >= 4 is 39.5 Å².